The number of fused-ring (bicyclic) bond motifs is 1. The summed E-state index contributed by atoms with van der Waals surface area (Å²) in [7, 11) is 0. The Morgan fingerprint density at radius 2 is 2.14 bits per heavy atom. The lowest BCUT2D eigenvalue weighted by atomic mass is 9.96. The van der Waals surface area contributed by atoms with Gasteiger partial charge in [-0.25, -0.2) is 4.39 Å². The van der Waals surface area contributed by atoms with Crippen LogP contribution in [0, 0.1) is 18.7 Å². The van der Waals surface area contributed by atoms with Gasteiger partial charge >= 0.3 is 0 Å². The van der Waals surface area contributed by atoms with Crippen LogP contribution in [0.1, 0.15) is 11.1 Å². The molecule has 2 aromatic carbocycles. The Labute approximate surface area is 133 Å². The quantitative estimate of drug-likeness (QED) is 0.909. The second-order valence-corrected chi connectivity index (χ2v) is 5.87. The lowest BCUT2D eigenvalue weighted by molar-refractivity contribution is -0.121. The fourth-order valence-corrected chi connectivity index (χ4v) is 2.68. The molecule has 1 aliphatic heterocycles. The van der Waals surface area contributed by atoms with Crippen LogP contribution >= 0.6 is 11.6 Å². The standard InChI is InChI=1S/C17H15ClFNO2/c1-10-2-4-15(14(19)6-10)20-17(21)12-7-11-8-13(18)3-5-16(11)22-9-12/h2-6,8,12H,7,9H2,1H3,(H,20,21). The van der Waals surface area contributed by atoms with Gasteiger partial charge in [0.1, 0.15) is 18.2 Å². The first-order chi connectivity index (χ1) is 10.5. The number of hydrogen-bond acceptors (Lipinski definition) is 2. The zero-order valence-corrected chi connectivity index (χ0v) is 12.8. The van der Waals surface area contributed by atoms with Gasteiger partial charge in [-0.3, -0.25) is 4.79 Å². The zero-order chi connectivity index (χ0) is 15.7. The van der Waals surface area contributed by atoms with Gasteiger partial charge in [0.15, 0.2) is 0 Å². The van der Waals surface area contributed by atoms with Crippen molar-refractivity contribution >= 4 is 23.2 Å². The van der Waals surface area contributed by atoms with Crippen molar-refractivity contribution < 1.29 is 13.9 Å². The largest absolute Gasteiger partial charge is 0.492 e. The molecule has 3 rings (SSSR count). The molecule has 1 aliphatic rings. The van der Waals surface area contributed by atoms with E-state index in [1.807, 2.05) is 0 Å². The Kier molecular flexibility index (Phi) is 4.03. The number of anilines is 1. The average Bonchev–Trinajstić information content (AvgIpc) is 2.49. The lowest BCUT2D eigenvalue weighted by Gasteiger charge is -2.24. The first-order valence-corrected chi connectivity index (χ1v) is 7.39. The maximum atomic E-state index is 13.8. The van der Waals surface area contributed by atoms with Crippen LogP contribution in [0.3, 0.4) is 0 Å². The molecule has 1 atom stereocenters. The maximum absolute atomic E-state index is 13.8. The van der Waals surface area contributed by atoms with E-state index >= 15 is 0 Å². The number of amides is 1. The zero-order valence-electron chi connectivity index (χ0n) is 12.0. The third kappa shape index (κ3) is 3.07. The summed E-state index contributed by atoms with van der Waals surface area (Å²) >= 11 is 5.96. The van der Waals surface area contributed by atoms with Crippen LogP contribution in [-0.2, 0) is 11.2 Å². The summed E-state index contributed by atoms with van der Waals surface area (Å²) in [6.45, 7) is 2.07. The number of carbonyl (C=O) groups is 1. The molecule has 1 heterocycles. The number of aryl methyl sites for hydroxylation is 1. The SMILES string of the molecule is Cc1ccc(NC(=O)C2COc3ccc(Cl)cc3C2)c(F)c1. The number of halogens is 2. The molecule has 1 amide bonds. The van der Waals surface area contributed by atoms with E-state index in [1.54, 1.807) is 37.3 Å². The summed E-state index contributed by atoms with van der Waals surface area (Å²) in [5.41, 5.74) is 1.89. The van der Waals surface area contributed by atoms with Gasteiger partial charge in [-0.2, -0.15) is 0 Å². The van der Waals surface area contributed by atoms with Crippen molar-refractivity contribution in [2.45, 2.75) is 13.3 Å². The summed E-state index contributed by atoms with van der Waals surface area (Å²) in [4.78, 5) is 12.3. The molecule has 0 saturated carbocycles. The van der Waals surface area contributed by atoms with Crippen LogP contribution in [0.5, 0.6) is 5.75 Å². The molecular weight excluding hydrogens is 305 g/mol. The van der Waals surface area contributed by atoms with Crippen LogP contribution in [0.4, 0.5) is 10.1 Å². The van der Waals surface area contributed by atoms with E-state index in [2.05, 4.69) is 5.32 Å². The highest BCUT2D eigenvalue weighted by molar-refractivity contribution is 6.30. The van der Waals surface area contributed by atoms with Crippen molar-refractivity contribution in [1.82, 2.24) is 0 Å². The van der Waals surface area contributed by atoms with Gasteiger partial charge in [-0.1, -0.05) is 17.7 Å². The van der Waals surface area contributed by atoms with Gasteiger partial charge in [0.05, 0.1) is 11.6 Å². The highest BCUT2D eigenvalue weighted by atomic mass is 35.5. The van der Waals surface area contributed by atoms with Gasteiger partial charge in [0, 0.05) is 5.02 Å². The van der Waals surface area contributed by atoms with Crippen LogP contribution in [0.15, 0.2) is 36.4 Å². The summed E-state index contributed by atoms with van der Waals surface area (Å²) in [5, 5.41) is 3.23. The minimum Gasteiger partial charge on any atom is -0.492 e. The summed E-state index contributed by atoms with van der Waals surface area (Å²) in [6.07, 6.45) is 0.523. The van der Waals surface area contributed by atoms with E-state index in [1.165, 1.54) is 6.07 Å². The van der Waals surface area contributed by atoms with Gasteiger partial charge < -0.3 is 10.1 Å². The van der Waals surface area contributed by atoms with Crippen LogP contribution in [0.25, 0.3) is 0 Å². The molecule has 0 aromatic heterocycles. The topological polar surface area (TPSA) is 38.3 Å². The van der Waals surface area contributed by atoms with E-state index in [9.17, 15) is 9.18 Å². The number of carbonyl (C=O) groups excluding carboxylic acids is 1. The molecule has 1 N–H and O–H groups in total. The van der Waals surface area contributed by atoms with Crippen molar-refractivity contribution in [1.29, 1.82) is 0 Å². The van der Waals surface area contributed by atoms with E-state index in [4.69, 9.17) is 16.3 Å². The molecule has 0 bridgehead atoms. The minimum atomic E-state index is -0.437. The maximum Gasteiger partial charge on any atom is 0.231 e. The monoisotopic (exact) mass is 319 g/mol. The fraction of sp³-hybridized carbons (Fsp3) is 0.235. The molecule has 0 aliphatic carbocycles. The average molecular weight is 320 g/mol. The second kappa shape index (κ2) is 5.97. The van der Waals surface area contributed by atoms with E-state index in [0.29, 0.717) is 11.4 Å². The number of benzene rings is 2. The summed E-state index contributed by atoms with van der Waals surface area (Å²) in [5.74, 6) is -0.316. The molecule has 5 heteroatoms. The molecule has 0 saturated heterocycles. The van der Waals surface area contributed by atoms with E-state index in [0.717, 1.165) is 16.9 Å². The highest BCUT2D eigenvalue weighted by Crippen LogP contribution is 2.30. The van der Waals surface area contributed by atoms with Crippen molar-refractivity contribution in [3.8, 4) is 5.75 Å². The van der Waals surface area contributed by atoms with Crippen LogP contribution in [-0.4, -0.2) is 12.5 Å². The number of rotatable bonds is 2. The second-order valence-electron chi connectivity index (χ2n) is 5.44. The number of ether oxygens (including phenoxy) is 1. The molecule has 1 unspecified atom stereocenters. The third-order valence-electron chi connectivity index (χ3n) is 3.68. The van der Waals surface area contributed by atoms with E-state index in [-0.39, 0.29) is 24.1 Å². The Morgan fingerprint density at radius 1 is 1.32 bits per heavy atom. The van der Waals surface area contributed by atoms with E-state index < -0.39 is 5.82 Å². The fourth-order valence-electron chi connectivity index (χ4n) is 2.49. The molecule has 0 spiro atoms. The Balaban J connectivity index is 1.74. The Bertz CT molecular complexity index is 733. The minimum absolute atomic E-state index is 0.187. The number of nitrogens with one attached hydrogen (secondary N) is 1. The van der Waals surface area contributed by atoms with Crippen molar-refractivity contribution in [3.05, 3.63) is 58.4 Å². The van der Waals surface area contributed by atoms with Crippen molar-refractivity contribution in [3.63, 3.8) is 0 Å². The van der Waals surface area contributed by atoms with Crippen LogP contribution < -0.4 is 10.1 Å². The van der Waals surface area contributed by atoms with Gasteiger partial charge in [0.2, 0.25) is 5.91 Å². The van der Waals surface area contributed by atoms with Gasteiger partial charge in [-0.05, 0) is 54.8 Å². The van der Waals surface area contributed by atoms with Crippen molar-refractivity contribution in [2.75, 3.05) is 11.9 Å². The third-order valence-corrected chi connectivity index (χ3v) is 3.92. The molecule has 22 heavy (non-hydrogen) atoms. The Hall–Kier alpha value is -2.07. The van der Waals surface area contributed by atoms with Gasteiger partial charge in [0.25, 0.3) is 0 Å². The van der Waals surface area contributed by atoms with Crippen molar-refractivity contribution in [2.24, 2.45) is 5.92 Å². The molecule has 114 valence electrons. The molecule has 3 nitrogen and oxygen atoms in total. The predicted octanol–water partition coefficient (Wildman–Crippen LogP) is 3.98. The molecule has 0 radical (unpaired) electrons. The van der Waals surface area contributed by atoms with Crippen LogP contribution in [0.2, 0.25) is 5.02 Å². The first kappa shape index (κ1) is 14.9. The lowest BCUT2D eigenvalue weighted by Crippen LogP contribution is -2.32. The Morgan fingerprint density at radius 3 is 2.91 bits per heavy atom. The van der Waals surface area contributed by atoms with Gasteiger partial charge in [-0.15, -0.1) is 0 Å². The smallest absolute Gasteiger partial charge is 0.231 e. The molecular formula is C17H15ClFNO2. The molecule has 2 aromatic rings. The molecule has 0 fully saturated rings. The highest BCUT2D eigenvalue weighted by Gasteiger charge is 2.26. The normalized spacial score (nSPS) is 16.6. The predicted molar refractivity (Wildman–Crippen MR) is 83.9 cm³/mol. The summed E-state index contributed by atoms with van der Waals surface area (Å²) < 4.78 is 19.4. The summed E-state index contributed by atoms with van der Waals surface area (Å²) in [6, 6.07) is 10.1. The number of hydrogen-bond donors (Lipinski definition) is 1. The first-order valence-electron chi connectivity index (χ1n) is 7.01.